The van der Waals surface area contributed by atoms with Crippen LogP contribution in [0.2, 0.25) is 0 Å². The van der Waals surface area contributed by atoms with Gasteiger partial charge in [0.2, 0.25) is 11.8 Å². The van der Waals surface area contributed by atoms with Crippen molar-refractivity contribution in [1.82, 2.24) is 10.6 Å². The highest BCUT2D eigenvalue weighted by Gasteiger charge is 2.22. The van der Waals surface area contributed by atoms with Crippen molar-refractivity contribution in [3.05, 3.63) is 12.2 Å². The van der Waals surface area contributed by atoms with E-state index in [4.69, 9.17) is 0 Å². The Morgan fingerprint density at radius 3 is 2.35 bits per heavy atom. The van der Waals surface area contributed by atoms with Crippen LogP contribution in [0.5, 0.6) is 0 Å². The van der Waals surface area contributed by atoms with Crippen LogP contribution in [0.4, 0.5) is 0 Å². The number of aliphatic hydroxyl groups is 1. The lowest BCUT2D eigenvalue weighted by molar-refractivity contribution is -0.131. The van der Waals surface area contributed by atoms with Crippen molar-refractivity contribution >= 4 is 18.1 Å². The first-order chi connectivity index (χ1) is 10.9. The van der Waals surface area contributed by atoms with Gasteiger partial charge in [0.1, 0.15) is 12.3 Å². The standard InChI is InChI=1S/C17H30N2O4/c1-4-5-6-7-8-9-16(22)19-15(12-21)17(23)18-14(11-20)10-13(2)3/h11,14-15,21H,2,4-10,12H2,1,3H3,(H,18,23)(H,19,22). The molecule has 2 amide bonds. The van der Waals surface area contributed by atoms with Gasteiger partial charge in [0, 0.05) is 6.42 Å². The van der Waals surface area contributed by atoms with E-state index >= 15 is 0 Å². The average Bonchev–Trinajstić information content (AvgIpc) is 2.51. The highest BCUT2D eigenvalue weighted by atomic mass is 16.3. The number of hydrogen-bond donors (Lipinski definition) is 3. The summed E-state index contributed by atoms with van der Waals surface area (Å²) in [6.07, 6.45) is 6.41. The van der Waals surface area contributed by atoms with E-state index in [2.05, 4.69) is 24.1 Å². The second-order valence-electron chi connectivity index (χ2n) is 5.88. The van der Waals surface area contributed by atoms with Crippen LogP contribution in [-0.2, 0) is 14.4 Å². The Balaban J connectivity index is 4.24. The quantitative estimate of drug-likeness (QED) is 0.271. The minimum atomic E-state index is -1.04. The van der Waals surface area contributed by atoms with Crippen molar-refractivity contribution in [2.24, 2.45) is 0 Å². The molecule has 0 aliphatic carbocycles. The van der Waals surface area contributed by atoms with Gasteiger partial charge in [-0.2, -0.15) is 0 Å². The van der Waals surface area contributed by atoms with Gasteiger partial charge < -0.3 is 20.5 Å². The number of aliphatic hydroxyl groups excluding tert-OH is 1. The van der Waals surface area contributed by atoms with E-state index in [1.54, 1.807) is 6.92 Å². The molecular formula is C17H30N2O4. The Morgan fingerprint density at radius 2 is 1.83 bits per heavy atom. The third-order valence-corrected chi connectivity index (χ3v) is 3.40. The van der Waals surface area contributed by atoms with Gasteiger partial charge in [-0.05, 0) is 19.8 Å². The van der Waals surface area contributed by atoms with Crippen LogP contribution in [0, 0.1) is 0 Å². The smallest absolute Gasteiger partial charge is 0.245 e. The zero-order valence-corrected chi connectivity index (χ0v) is 14.3. The summed E-state index contributed by atoms with van der Waals surface area (Å²) < 4.78 is 0. The lowest BCUT2D eigenvalue weighted by Crippen LogP contribution is -2.51. The molecule has 6 heteroatoms. The summed E-state index contributed by atoms with van der Waals surface area (Å²) in [6.45, 7) is 7.06. The third kappa shape index (κ3) is 10.6. The fraction of sp³-hybridized carbons (Fsp3) is 0.706. The van der Waals surface area contributed by atoms with Crippen molar-refractivity contribution < 1.29 is 19.5 Å². The number of nitrogens with one attached hydrogen (secondary N) is 2. The van der Waals surface area contributed by atoms with Crippen LogP contribution in [0.3, 0.4) is 0 Å². The summed E-state index contributed by atoms with van der Waals surface area (Å²) in [7, 11) is 0. The van der Waals surface area contributed by atoms with E-state index in [9.17, 15) is 19.5 Å². The van der Waals surface area contributed by atoms with Crippen molar-refractivity contribution in [3.63, 3.8) is 0 Å². The normalized spacial score (nSPS) is 13.0. The highest BCUT2D eigenvalue weighted by Crippen LogP contribution is 2.05. The second-order valence-corrected chi connectivity index (χ2v) is 5.88. The van der Waals surface area contributed by atoms with Gasteiger partial charge in [-0.15, -0.1) is 6.58 Å². The fourth-order valence-corrected chi connectivity index (χ4v) is 2.14. The summed E-state index contributed by atoms with van der Waals surface area (Å²) in [5.74, 6) is -0.830. The molecule has 0 aromatic heterocycles. The van der Waals surface area contributed by atoms with Gasteiger partial charge >= 0.3 is 0 Å². The molecule has 0 heterocycles. The van der Waals surface area contributed by atoms with Crippen LogP contribution < -0.4 is 10.6 Å². The van der Waals surface area contributed by atoms with Crippen molar-refractivity contribution in [1.29, 1.82) is 0 Å². The van der Waals surface area contributed by atoms with Crippen LogP contribution in [-0.4, -0.2) is 41.9 Å². The zero-order valence-electron chi connectivity index (χ0n) is 14.3. The molecule has 0 spiro atoms. The predicted molar refractivity (Wildman–Crippen MR) is 89.8 cm³/mol. The maximum absolute atomic E-state index is 12.0. The SMILES string of the molecule is C=C(C)CC(C=O)NC(=O)C(CO)NC(=O)CCCCCCC. The monoisotopic (exact) mass is 326 g/mol. The first kappa shape index (κ1) is 21.3. The molecule has 0 rings (SSSR count). The number of aldehydes is 1. The minimum Gasteiger partial charge on any atom is -0.394 e. The zero-order chi connectivity index (χ0) is 17.7. The molecule has 0 saturated heterocycles. The van der Waals surface area contributed by atoms with Crippen LogP contribution in [0.25, 0.3) is 0 Å². The number of carbonyl (C=O) groups excluding carboxylic acids is 3. The van der Waals surface area contributed by atoms with E-state index in [1.165, 1.54) is 0 Å². The fourth-order valence-electron chi connectivity index (χ4n) is 2.14. The summed E-state index contributed by atoms with van der Waals surface area (Å²) in [4.78, 5) is 34.7. The van der Waals surface area contributed by atoms with Crippen molar-refractivity contribution in [3.8, 4) is 0 Å². The lowest BCUT2D eigenvalue weighted by Gasteiger charge is -2.19. The van der Waals surface area contributed by atoms with E-state index < -0.39 is 24.6 Å². The Morgan fingerprint density at radius 1 is 1.17 bits per heavy atom. The molecule has 0 bridgehead atoms. The minimum absolute atomic E-state index is 0.266. The Labute approximate surface area is 138 Å². The number of rotatable bonds is 13. The lowest BCUT2D eigenvalue weighted by atomic mass is 10.1. The summed E-state index contributed by atoms with van der Waals surface area (Å²) in [5, 5.41) is 14.3. The van der Waals surface area contributed by atoms with E-state index in [-0.39, 0.29) is 5.91 Å². The Hall–Kier alpha value is -1.69. The molecule has 0 radical (unpaired) electrons. The van der Waals surface area contributed by atoms with Crippen molar-refractivity contribution in [2.45, 2.75) is 70.9 Å². The molecule has 2 unspecified atom stereocenters. The Kier molecular flexibility index (Phi) is 11.9. The molecule has 0 aromatic rings. The third-order valence-electron chi connectivity index (χ3n) is 3.40. The van der Waals surface area contributed by atoms with E-state index in [0.717, 1.165) is 37.7 Å². The summed E-state index contributed by atoms with van der Waals surface area (Å²) >= 11 is 0. The molecule has 3 N–H and O–H groups in total. The van der Waals surface area contributed by atoms with Crippen molar-refractivity contribution in [2.75, 3.05) is 6.61 Å². The Bertz CT molecular complexity index is 396. The number of unbranched alkanes of at least 4 members (excludes halogenated alkanes) is 4. The predicted octanol–water partition coefficient (Wildman–Crippen LogP) is 1.47. The van der Waals surface area contributed by atoms with Gasteiger partial charge in [-0.3, -0.25) is 9.59 Å². The van der Waals surface area contributed by atoms with Gasteiger partial charge in [0.25, 0.3) is 0 Å². The molecule has 23 heavy (non-hydrogen) atoms. The van der Waals surface area contributed by atoms with Gasteiger partial charge in [-0.1, -0.05) is 38.2 Å². The van der Waals surface area contributed by atoms with E-state index in [0.29, 0.717) is 19.1 Å². The molecule has 6 nitrogen and oxygen atoms in total. The van der Waals surface area contributed by atoms with Crippen LogP contribution >= 0.6 is 0 Å². The maximum atomic E-state index is 12.0. The van der Waals surface area contributed by atoms with Crippen LogP contribution in [0.15, 0.2) is 12.2 Å². The molecule has 0 fully saturated rings. The molecule has 0 aliphatic heterocycles. The molecule has 0 saturated carbocycles. The molecular weight excluding hydrogens is 296 g/mol. The first-order valence-corrected chi connectivity index (χ1v) is 8.24. The number of amides is 2. The average molecular weight is 326 g/mol. The molecule has 0 aliphatic rings. The largest absolute Gasteiger partial charge is 0.394 e. The maximum Gasteiger partial charge on any atom is 0.245 e. The van der Waals surface area contributed by atoms with Crippen LogP contribution in [0.1, 0.15) is 58.8 Å². The molecule has 0 aromatic carbocycles. The molecule has 2 atom stereocenters. The van der Waals surface area contributed by atoms with Gasteiger partial charge in [-0.25, -0.2) is 0 Å². The highest BCUT2D eigenvalue weighted by molar-refractivity contribution is 5.89. The summed E-state index contributed by atoms with van der Waals surface area (Å²) in [6, 6.07) is -1.73. The van der Waals surface area contributed by atoms with Gasteiger partial charge in [0.15, 0.2) is 0 Å². The van der Waals surface area contributed by atoms with E-state index in [1.807, 2.05) is 0 Å². The topological polar surface area (TPSA) is 95.5 Å². The first-order valence-electron chi connectivity index (χ1n) is 8.24. The second kappa shape index (κ2) is 12.8. The number of carbonyl (C=O) groups is 3. The molecule has 132 valence electrons. The number of hydrogen-bond acceptors (Lipinski definition) is 4. The van der Waals surface area contributed by atoms with Gasteiger partial charge in [0.05, 0.1) is 12.6 Å². The summed E-state index contributed by atoms with van der Waals surface area (Å²) in [5.41, 5.74) is 0.763.